The van der Waals surface area contributed by atoms with Crippen LogP contribution in [0.4, 0.5) is 4.79 Å². The lowest BCUT2D eigenvalue weighted by molar-refractivity contribution is -0.148. The van der Waals surface area contributed by atoms with Crippen LogP contribution in [0.5, 0.6) is 0 Å². The van der Waals surface area contributed by atoms with E-state index in [1.165, 1.54) is 34.8 Å². The quantitative estimate of drug-likeness (QED) is 0.403. The van der Waals surface area contributed by atoms with Gasteiger partial charge in [-0.3, -0.25) is 9.69 Å². The molecule has 2 aliphatic heterocycles. The number of carbonyl (C=O) groups is 3. The summed E-state index contributed by atoms with van der Waals surface area (Å²) < 4.78 is 0. The molecule has 12 heteroatoms. The molecule has 166 valence electrons. The van der Waals surface area contributed by atoms with Crippen LogP contribution in [-0.2, 0) is 16.1 Å². The molecule has 3 heterocycles. The third kappa shape index (κ3) is 4.70. The van der Waals surface area contributed by atoms with E-state index < -0.39 is 29.3 Å². The van der Waals surface area contributed by atoms with Crippen LogP contribution in [-0.4, -0.2) is 65.8 Å². The van der Waals surface area contributed by atoms with Crippen LogP contribution >= 0.6 is 23.5 Å². The number of nitrogens with one attached hydrogen (secondary N) is 2. The van der Waals surface area contributed by atoms with E-state index in [-0.39, 0.29) is 5.70 Å². The summed E-state index contributed by atoms with van der Waals surface area (Å²) in [4.78, 5) is 50.4. The smallest absolute Gasteiger partial charge is 0.352 e. The van der Waals surface area contributed by atoms with E-state index in [0.717, 1.165) is 5.56 Å². The molecule has 0 aliphatic carbocycles. The van der Waals surface area contributed by atoms with Gasteiger partial charge < -0.3 is 15.7 Å². The second-order valence-electron chi connectivity index (χ2n) is 7.06. The van der Waals surface area contributed by atoms with Gasteiger partial charge in [-0.05, 0) is 18.1 Å². The average Bonchev–Trinajstić information content (AvgIpc) is 2.79. The SMILES string of the molecule is Cc1ncnc(SCC2=C(C(=O)O)N3C(=O)C(NC(=O)NCc4ccccc4)[C@@H]3SC2)n1. The van der Waals surface area contributed by atoms with E-state index in [2.05, 4.69) is 25.6 Å². The first-order valence-electron chi connectivity index (χ1n) is 9.70. The highest BCUT2D eigenvalue weighted by molar-refractivity contribution is 8.01. The molecule has 1 fully saturated rings. The summed E-state index contributed by atoms with van der Waals surface area (Å²) in [6.45, 7) is 2.07. The number of rotatable bonds is 7. The van der Waals surface area contributed by atoms with Gasteiger partial charge in [-0.15, -0.1) is 11.8 Å². The number of carboxylic acids is 1. The number of carbonyl (C=O) groups excluding carboxylic acids is 2. The van der Waals surface area contributed by atoms with Crippen molar-refractivity contribution in [1.29, 1.82) is 0 Å². The third-order valence-electron chi connectivity index (χ3n) is 4.88. The largest absolute Gasteiger partial charge is 0.477 e. The highest BCUT2D eigenvalue weighted by atomic mass is 32.2. The minimum atomic E-state index is -1.17. The predicted octanol–water partition coefficient (Wildman–Crippen LogP) is 1.39. The Balaban J connectivity index is 1.39. The Labute approximate surface area is 192 Å². The number of hydrogen-bond acceptors (Lipinski definition) is 8. The van der Waals surface area contributed by atoms with E-state index in [4.69, 9.17) is 0 Å². The van der Waals surface area contributed by atoms with E-state index in [0.29, 0.717) is 34.6 Å². The molecule has 4 rings (SSSR count). The van der Waals surface area contributed by atoms with Crippen LogP contribution < -0.4 is 10.6 Å². The lowest BCUT2D eigenvalue weighted by Crippen LogP contribution is -2.71. The molecule has 1 saturated heterocycles. The number of thioether (sulfide) groups is 2. The van der Waals surface area contributed by atoms with Crippen molar-refractivity contribution in [3.8, 4) is 0 Å². The number of urea groups is 1. The molecule has 1 aromatic heterocycles. The molecule has 10 nitrogen and oxygen atoms in total. The Morgan fingerprint density at radius 1 is 1.28 bits per heavy atom. The molecule has 3 amide bonds. The zero-order chi connectivity index (χ0) is 22.7. The normalized spacial score (nSPS) is 19.8. The topological polar surface area (TPSA) is 137 Å². The lowest BCUT2D eigenvalue weighted by Gasteiger charge is -2.49. The second-order valence-corrected chi connectivity index (χ2v) is 9.11. The maximum Gasteiger partial charge on any atom is 0.352 e. The fourth-order valence-corrected chi connectivity index (χ4v) is 5.68. The molecule has 2 aliphatic rings. The highest BCUT2D eigenvalue weighted by Gasteiger charge is 2.54. The van der Waals surface area contributed by atoms with Crippen molar-refractivity contribution in [2.24, 2.45) is 0 Å². The summed E-state index contributed by atoms with van der Waals surface area (Å²) in [5.41, 5.74) is 1.52. The van der Waals surface area contributed by atoms with Crippen LogP contribution in [0.1, 0.15) is 11.4 Å². The zero-order valence-electron chi connectivity index (χ0n) is 17.0. The number of benzene rings is 1. The number of aliphatic carboxylic acids is 1. The predicted molar refractivity (Wildman–Crippen MR) is 119 cm³/mol. The monoisotopic (exact) mass is 472 g/mol. The first-order chi connectivity index (χ1) is 15.4. The molecule has 0 bridgehead atoms. The van der Waals surface area contributed by atoms with Crippen LogP contribution in [0, 0.1) is 6.92 Å². The van der Waals surface area contributed by atoms with E-state index >= 15 is 0 Å². The van der Waals surface area contributed by atoms with Crippen molar-refractivity contribution >= 4 is 41.4 Å². The fraction of sp³-hybridized carbons (Fsp3) is 0.300. The van der Waals surface area contributed by atoms with Crippen LogP contribution in [0.3, 0.4) is 0 Å². The van der Waals surface area contributed by atoms with Crippen LogP contribution in [0.15, 0.2) is 53.1 Å². The van der Waals surface area contributed by atoms with E-state index in [1.54, 1.807) is 6.92 Å². The van der Waals surface area contributed by atoms with Gasteiger partial charge in [0, 0.05) is 18.1 Å². The molecule has 2 atom stereocenters. The first-order valence-corrected chi connectivity index (χ1v) is 11.7. The molecule has 1 unspecified atom stereocenters. The van der Waals surface area contributed by atoms with Crippen molar-refractivity contribution in [2.75, 3.05) is 11.5 Å². The van der Waals surface area contributed by atoms with Crippen molar-refractivity contribution < 1.29 is 19.5 Å². The van der Waals surface area contributed by atoms with Gasteiger partial charge in [-0.25, -0.2) is 24.5 Å². The summed E-state index contributed by atoms with van der Waals surface area (Å²) in [6.07, 6.45) is 1.40. The van der Waals surface area contributed by atoms with Crippen molar-refractivity contribution in [3.05, 3.63) is 59.3 Å². The summed E-state index contributed by atoms with van der Waals surface area (Å²) in [5, 5.41) is 15.2. The van der Waals surface area contributed by atoms with E-state index in [1.807, 2.05) is 30.3 Å². The summed E-state index contributed by atoms with van der Waals surface area (Å²) in [6, 6.07) is 8.16. The van der Waals surface area contributed by atoms with Gasteiger partial charge in [0.2, 0.25) is 0 Å². The molecular weight excluding hydrogens is 452 g/mol. The van der Waals surface area contributed by atoms with Gasteiger partial charge in [-0.1, -0.05) is 42.1 Å². The van der Waals surface area contributed by atoms with Gasteiger partial charge in [0.25, 0.3) is 5.91 Å². The van der Waals surface area contributed by atoms with Gasteiger partial charge >= 0.3 is 12.0 Å². The first kappa shape index (κ1) is 22.1. The van der Waals surface area contributed by atoms with Gasteiger partial charge in [0.1, 0.15) is 29.3 Å². The molecule has 0 spiro atoms. The number of aryl methyl sites for hydroxylation is 1. The second kappa shape index (κ2) is 9.57. The van der Waals surface area contributed by atoms with Crippen molar-refractivity contribution in [2.45, 2.75) is 30.0 Å². The Hall–Kier alpha value is -3.12. The molecule has 3 N–H and O–H groups in total. The minimum absolute atomic E-state index is 0.0280. The summed E-state index contributed by atoms with van der Waals surface area (Å²) in [5.74, 6) is -0.266. The number of nitrogens with zero attached hydrogens (tertiary/aromatic N) is 4. The number of amides is 3. The maximum absolute atomic E-state index is 12.7. The average molecular weight is 473 g/mol. The number of aromatic nitrogens is 3. The zero-order valence-corrected chi connectivity index (χ0v) is 18.7. The number of β-lactam (4-membered cyclic amide) rings is 1. The summed E-state index contributed by atoms with van der Waals surface area (Å²) in [7, 11) is 0. The standard InChI is InChI=1S/C20H20N6O4S2/c1-11-22-10-23-20(24-11)32-9-13-8-31-17-14(16(27)26(17)15(13)18(28)29)25-19(30)21-7-12-5-3-2-4-6-12/h2-6,10,14,17H,7-9H2,1H3,(H,28,29)(H2,21,25,30)/t14?,17-/m0/s1. The lowest BCUT2D eigenvalue weighted by atomic mass is 10.0. The maximum atomic E-state index is 12.7. The molecule has 2 aromatic rings. The Morgan fingerprint density at radius 3 is 2.78 bits per heavy atom. The minimum Gasteiger partial charge on any atom is -0.477 e. The van der Waals surface area contributed by atoms with Gasteiger partial charge in [-0.2, -0.15) is 0 Å². The van der Waals surface area contributed by atoms with Crippen LogP contribution in [0.2, 0.25) is 0 Å². The highest BCUT2D eigenvalue weighted by Crippen LogP contribution is 2.41. The van der Waals surface area contributed by atoms with Gasteiger partial charge in [0.05, 0.1) is 0 Å². The number of carboxylic acid groups (broad SMARTS) is 1. The molecule has 32 heavy (non-hydrogen) atoms. The van der Waals surface area contributed by atoms with Crippen LogP contribution in [0.25, 0.3) is 0 Å². The van der Waals surface area contributed by atoms with E-state index in [9.17, 15) is 19.5 Å². The fourth-order valence-electron chi connectivity index (χ4n) is 3.34. The number of hydrogen-bond donors (Lipinski definition) is 3. The Kier molecular flexibility index (Phi) is 6.61. The molecule has 0 saturated carbocycles. The molecule has 1 aromatic carbocycles. The molecular formula is C20H20N6O4S2. The van der Waals surface area contributed by atoms with Crippen molar-refractivity contribution in [1.82, 2.24) is 30.5 Å². The Morgan fingerprint density at radius 2 is 2.06 bits per heavy atom. The number of fused-ring (bicyclic) bond motifs is 1. The summed E-state index contributed by atoms with van der Waals surface area (Å²) >= 11 is 2.72. The van der Waals surface area contributed by atoms with Crippen molar-refractivity contribution in [3.63, 3.8) is 0 Å². The third-order valence-corrected chi connectivity index (χ3v) is 7.17. The van der Waals surface area contributed by atoms with Gasteiger partial charge in [0.15, 0.2) is 5.16 Å². The molecule has 0 radical (unpaired) electrons. The Bertz CT molecular complexity index is 1080.